The number of carbonyl (C=O) groups is 1. The van der Waals surface area contributed by atoms with E-state index in [1.54, 1.807) is 48.5 Å². The van der Waals surface area contributed by atoms with Gasteiger partial charge in [0.25, 0.3) is 11.1 Å². The number of benzene rings is 2. The Balaban J connectivity index is 1.92. The van der Waals surface area contributed by atoms with E-state index < -0.39 is 6.04 Å². The molecule has 0 amide bonds. The summed E-state index contributed by atoms with van der Waals surface area (Å²) in [6.45, 7) is 0. The van der Waals surface area contributed by atoms with E-state index in [1.165, 1.54) is 9.36 Å². The normalized spacial score (nSPS) is 18.7. The van der Waals surface area contributed by atoms with Gasteiger partial charge in [-0.15, -0.1) is 0 Å². The first-order valence-electron chi connectivity index (χ1n) is 8.86. The van der Waals surface area contributed by atoms with Gasteiger partial charge in [0.1, 0.15) is 6.04 Å². The standard InChI is InChI=1S/C21H15ClN2O3/c22-13-10-8-12(9-11-13)19-18-16(6-3-7-17(18)25)23-20(26)14-4-1-2-5-15(14)21(27)24(19)23/h1-2,4-5,8-11,19H,3,6-7H2. The average Bonchev–Trinajstić information content (AvgIpc) is 3.04. The smallest absolute Gasteiger partial charge is 0.277 e. The first kappa shape index (κ1) is 16.3. The van der Waals surface area contributed by atoms with E-state index in [0.29, 0.717) is 46.3 Å². The van der Waals surface area contributed by atoms with E-state index in [0.717, 1.165) is 5.56 Å². The Bertz CT molecular complexity index is 1270. The third-order valence-electron chi connectivity index (χ3n) is 5.39. The molecule has 2 aliphatic rings. The molecule has 2 aromatic carbocycles. The van der Waals surface area contributed by atoms with Gasteiger partial charge >= 0.3 is 0 Å². The minimum Gasteiger partial charge on any atom is -0.294 e. The Kier molecular flexibility index (Phi) is 3.49. The molecular formula is C21H15ClN2O3. The summed E-state index contributed by atoms with van der Waals surface area (Å²) >= 11 is 6.02. The molecule has 1 atom stereocenters. The molecule has 2 heterocycles. The highest BCUT2D eigenvalue weighted by Crippen LogP contribution is 2.40. The Labute approximate surface area is 159 Å². The molecule has 0 saturated heterocycles. The van der Waals surface area contributed by atoms with Gasteiger partial charge in [-0.1, -0.05) is 35.9 Å². The van der Waals surface area contributed by atoms with E-state index in [2.05, 4.69) is 0 Å². The van der Waals surface area contributed by atoms with E-state index in [4.69, 9.17) is 11.6 Å². The van der Waals surface area contributed by atoms with Gasteiger partial charge in [-0.2, -0.15) is 0 Å². The summed E-state index contributed by atoms with van der Waals surface area (Å²) in [4.78, 5) is 39.3. The minimum absolute atomic E-state index is 0.00439. The van der Waals surface area contributed by atoms with Crippen LogP contribution in [0.25, 0.3) is 16.5 Å². The molecular weight excluding hydrogens is 364 g/mol. The topological polar surface area (TPSA) is 61.1 Å². The van der Waals surface area contributed by atoms with Crippen molar-refractivity contribution in [2.24, 2.45) is 0 Å². The van der Waals surface area contributed by atoms with Gasteiger partial charge in [-0.3, -0.25) is 14.4 Å². The van der Waals surface area contributed by atoms with Crippen LogP contribution in [0.3, 0.4) is 0 Å². The zero-order valence-corrected chi connectivity index (χ0v) is 15.1. The van der Waals surface area contributed by atoms with Crippen molar-refractivity contribution in [1.82, 2.24) is 9.36 Å². The Morgan fingerprint density at radius 2 is 1.52 bits per heavy atom. The van der Waals surface area contributed by atoms with Crippen LogP contribution < -0.4 is 11.1 Å². The van der Waals surface area contributed by atoms with Crippen LogP contribution in [0.4, 0.5) is 0 Å². The third kappa shape index (κ3) is 2.21. The Hall–Kier alpha value is -2.92. The lowest BCUT2D eigenvalue weighted by molar-refractivity contribution is -0.116. The van der Waals surface area contributed by atoms with Crippen LogP contribution in [0.5, 0.6) is 0 Å². The molecule has 5 nitrogen and oxygen atoms in total. The maximum absolute atomic E-state index is 13.3. The predicted octanol–water partition coefficient (Wildman–Crippen LogP) is 3.38. The number of hydrogen-bond acceptors (Lipinski definition) is 3. The second-order valence-electron chi connectivity index (χ2n) is 6.90. The molecule has 0 spiro atoms. The molecule has 0 radical (unpaired) electrons. The fourth-order valence-corrected chi connectivity index (χ4v) is 4.35. The number of fused-ring (bicyclic) bond motifs is 3. The van der Waals surface area contributed by atoms with Crippen LogP contribution in [0.2, 0.25) is 5.02 Å². The van der Waals surface area contributed by atoms with Gasteiger partial charge in [0, 0.05) is 17.0 Å². The first-order valence-corrected chi connectivity index (χ1v) is 9.24. The molecule has 27 heavy (non-hydrogen) atoms. The van der Waals surface area contributed by atoms with Gasteiger partial charge in [0.15, 0.2) is 5.78 Å². The molecule has 1 aliphatic carbocycles. The van der Waals surface area contributed by atoms with Crippen LogP contribution >= 0.6 is 11.6 Å². The predicted molar refractivity (Wildman–Crippen MR) is 104 cm³/mol. The number of aromatic nitrogens is 2. The first-order chi connectivity index (χ1) is 13.1. The maximum atomic E-state index is 13.3. The number of nitrogens with zero attached hydrogens (tertiary/aromatic N) is 2. The van der Waals surface area contributed by atoms with E-state index in [-0.39, 0.29) is 16.9 Å². The van der Waals surface area contributed by atoms with Gasteiger partial charge in [-0.05, 0) is 42.7 Å². The highest BCUT2D eigenvalue weighted by molar-refractivity contribution is 6.30. The number of carbonyl (C=O) groups excluding carboxylic acids is 1. The second-order valence-corrected chi connectivity index (χ2v) is 7.34. The quantitative estimate of drug-likeness (QED) is 0.652. The molecule has 1 unspecified atom stereocenters. The van der Waals surface area contributed by atoms with Crippen LogP contribution in [0.15, 0.2) is 63.7 Å². The van der Waals surface area contributed by atoms with Crippen LogP contribution in [0, 0.1) is 0 Å². The molecule has 5 rings (SSSR count). The van der Waals surface area contributed by atoms with Crippen molar-refractivity contribution in [2.75, 3.05) is 0 Å². The molecule has 0 fully saturated rings. The second kappa shape index (κ2) is 5.79. The van der Waals surface area contributed by atoms with Gasteiger partial charge in [0.2, 0.25) is 0 Å². The summed E-state index contributed by atoms with van der Waals surface area (Å²) < 4.78 is 2.87. The summed E-state index contributed by atoms with van der Waals surface area (Å²) in [5, 5.41) is 1.31. The van der Waals surface area contributed by atoms with Crippen molar-refractivity contribution >= 4 is 33.9 Å². The number of ketones is 1. The third-order valence-corrected chi connectivity index (χ3v) is 5.64. The number of Topliss-reactive ketones (excluding diaryl/α,β-unsaturated/α-hetero) is 1. The molecule has 3 aromatic rings. The molecule has 1 aliphatic heterocycles. The molecule has 6 heteroatoms. The van der Waals surface area contributed by atoms with Crippen LogP contribution in [0.1, 0.15) is 30.9 Å². The summed E-state index contributed by atoms with van der Waals surface area (Å²) in [6, 6.07) is 13.3. The van der Waals surface area contributed by atoms with Gasteiger partial charge in [0.05, 0.1) is 16.5 Å². The average molecular weight is 379 g/mol. The zero-order valence-electron chi connectivity index (χ0n) is 14.3. The number of hydrogen-bond donors (Lipinski definition) is 0. The van der Waals surface area contributed by atoms with Crippen LogP contribution in [-0.2, 0) is 4.79 Å². The van der Waals surface area contributed by atoms with E-state index in [9.17, 15) is 14.4 Å². The van der Waals surface area contributed by atoms with E-state index in [1.807, 2.05) is 0 Å². The van der Waals surface area contributed by atoms with Gasteiger partial charge in [-0.25, -0.2) is 9.36 Å². The zero-order chi connectivity index (χ0) is 18.7. The summed E-state index contributed by atoms with van der Waals surface area (Å²) in [7, 11) is 0. The highest BCUT2D eigenvalue weighted by atomic mass is 35.5. The number of allylic oxidation sites excluding steroid dienone is 2. The lowest BCUT2D eigenvalue weighted by Crippen LogP contribution is -2.37. The summed E-state index contributed by atoms with van der Waals surface area (Å²) in [6.07, 6.45) is 1.71. The molecule has 134 valence electrons. The van der Waals surface area contributed by atoms with Gasteiger partial charge < -0.3 is 0 Å². The van der Waals surface area contributed by atoms with Crippen LogP contribution in [-0.4, -0.2) is 15.1 Å². The van der Waals surface area contributed by atoms with Crippen molar-refractivity contribution < 1.29 is 4.79 Å². The lowest BCUT2D eigenvalue weighted by atomic mass is 9.88. The van der Waals surface area contributed by atoms with Crippen molar-refractivity contribution in [3.63, 3.8) is 0 Å². The van der Waals surface area contributed by atoms with E-state index >= 15 is 0 Å². The molecule has 0 N–H and O–H groups in total. The largest absolute Gasteiger partial charge is 0.294 e. The summed E-state index contributed by atoms with van der Waals surface area (Å²) in [5.74, 6) is -0.00439. The molecule has 0 bridgehead atoms. The fraction of sp³-hybridized carbons (Fsp3) is 0.190. The Morgan fingerprint density at radius 3 is 2.22 bits per heavy atom. The van der Waals surface area contributed by atoms with Crippen molar-refractivity contribution in [1.29, 1.82) is 0 Å². The highest BCUT2D eigenvalue weighted by Gasteiger charge is 2.39. The molecule has 0 saturated carbocycles. The van der Waals surface area contributed by atoms with Crippen molar-refractivity contribution in [3.05, 3.63) is 85.4 Å². The maximum Gasteiger partial charge on any atom is 0.277 e. The summed E-state index contributed by atoms with van der Waals surface area (Å²) in [5.41, 5.74) is 1.44. The minimum atomic E-state index is -0.602. The number of halogens is 1. The number of rotatable bonds is 1. The van der Waals surface area contributed by atoms with Crippen molar-refractivity contribution in [2.45, 2.75) is 25.3 Å². The fourth-order valence-electron chi connectivity index (χ4n) is 4.22. The monoisotopic (exact) mass is 378 g/mol. The Morgan fingerprint density at radius 1 is 0.852 bits per heavy atom. The SMILES string of the molecule is O=C1CCCC2=C1C(c1ccc(Cl)cc1)n1c(=O)c3ccccc3c(=O)n12. The lowest BCUT2D eigenvalue weighted by Gasteiger charge is -2.18. The van der Waals surface area contributed by atoms with Crippen molar-refractivity contribution in [3.8, 4) is 0 Å². The molecule has 1 aromatic heterocycles.